The van der Waals surface area contributed by atoms with Gasteiger partial charge in [0.25, 0.3) is 5.91 Å². The number of carbonyl (C=O) groups is 1. The predicted molar refractivity (Wildman–Crippen MR) is 74.7 cm³/mol. The molecule has 0 aliphatic carbocycles. The highest BCUT2D eigenvalue weighted by Crippen LogP contribution is 2.20. The van der Waals surface area contributed by atoms with Gasteiger partial charge in [0.15, 0.2) is 0 Å². The zero-order valence-corrected chi connectivity index (χ0v) is 11.9. The van der Waals surface area contributed by atoms with E-state index in [2.05, 4.69) is 35.7 Å². The number of primary amides is 1. The van der Waals surface area contributed by atoms with Crippen LogP contribution in [-0.4, -0.2) is 52.9 Å². The summed E-state index contributed by atoms with van der Waals surface area (Å²) in [6.07, 6.45) is 0. The van der Waals surface area contributed by atoms with Crippen molar-refractivity contribution in [3.05, 3.63) is 29.6 Å². The molecule has 1 aliphatic heterocycles. The highest BCUT2D eigenvalue weighted by atomic mass is 16.1. The smallest absolute Gasteiger partial charge is 0.267 e. The van der Waals surface area contributed by atoms with Gasteiger partial charge in [-0.25, -0.2) is 4.98 Å². The SMILES string of the molecule is CN1CCN(Cc2cccc(C(N)=O)n2)CC1(C)C. The van der Waals surface area contributed by atoms with Crippen LogP contribution in [-0.2, 0) is 6.54 Å². The Kier molecular flexibility index (Phi) is 3.87. The molecule has 0 atom stereocenters. The third-order valence-corrected chi connectivity index (χ3v) is 3.84. The van der Waals surface area contributed by atoms with Crippen molar-refractivity contribution in [1.29, 1.82) is 0 Å². The summed E-state index contributed by atoms with van der Waals surface area (Å²) < 4.78 is 0. The summed E-state index contributed by atoms with van der Waals surface area (Å²) in [5, 5.41) is 0. The summed E-state index contributed by atoms with van der Waals surface area (Å²) in [6.45, 7) is 8.30. The average molecular weight is 262 g/mol. The lowest BCUT2D eigenvalue weighted by atomic mass is 9.99. The van der Waals surface area contributed by atoms with E-state index >= 15 is 0 Å². The number of likely N-dealkylation sites (N-methyl/N-ethyl adjacent to an activating group) is 1. The van der Waals surface area contributed by atoms with Crippen molar-refractivity contribution in [2.45, 2.75) is 25.9 Å². The van der Waals surface area contributed by atoms with E-state index in [0.717, 1.165) is 31.9 Å². The predicted octanol–water partition coefficient (Wildman–Crippen LogP) is 0.707. The fraction of sp³-hybridized carbons (Fsp3) is 0.571. The largest absolute Gasteiger partial charge is 0.364 e. The number of amides is 1. The van der Waals surface area contributed by atoms with E-state index < -0.39 is 5.91 Å². The molecule has 1 aromatic heterocycles. The molecule has 5 heteroatoms. The third kappa shape index (κ3) is 3.30. The number of rotatable bonds is 3. The quantitative estimate of drug-likeness (QED) is 0.871. The van der Waals surface area contributed by atoms with Crippen LogP contribution in [0.4, 0.5) is 0 Å². The molecule has 0 radical (unpaired) electrons. The molecule has 0 saturated carbocycles. The lowest BCUT2D eigenvalue weighted by molar-refractivity contribution is 0.0354. The molecule has 2 N–H and O–H groups in total. The van der Waals surface area contributed by atoms with Gasteiger partial charge in [-0.1, -0.05) is 6.07 Å². The second-order valence-electron chi connectivity index (χ2n) is 5.82. The molecular formula is C14H22N4O. The van der Waals surface area contributed by atoms with Gasteiger partial charge in [0.05, 0.1) is 5.69 Å². The van der Waals surface area contributed by atoms with Crippen LogP contribution in [0.15, 0.2) is 18.2 Å². The first-order valence-electron chi connectivity index (χ1n) is 6.58. The number of nitrogens with zero attached hydrogens (tertiary/aromatic N) is 3. The second kappa shape index (κ2) is 5.27. The van der Waals surface area contributed by atoms with Crippen molar-refractivity contribution in [1.82, 2.24) is 14.8 Å². The number of hydrogen-bond acceptors (Lipinski definition) is 4. The molecule has 2 rings (SSSR count). The van der Waals surface area contributed by atoms with E-state index in [4.69, 9.17) is 5.73 Å². The molecule has 1 saturated heterocycles. The van der Waals surface area contributed by atoms with Crippen LogP contribution in [0.25, 0.3) is 0 Å². The summed E-state index contributed by atoms with van der Waals surface area (Å²) in [6, 6.07) is 5.43. The van der Waals surface area contributed by atoms with Crippen LogP contribution in [0.2, 0.25) is 0 Å². The minimum atomic E-state index is -0.472. The molecule has 1 aliphatic rings. The van der Waals surface area contributed by atoms with Gasteiger partial charge in [0.2, 0.25) is 0 Å². The van der Waals surface area contributed by atoms with Crippen LogP contribution < -0.4 is 5.73 Å². The Labute approximate surface area is 114 Å². The lowest BCUT2D eigenvalue weighted by Crippen LogP contribution is -2.57. The van der Waals surface area contributed by atoms with Crippen LogP contribution in [0, 0.1) is 0 Å². The number of aromatic nitrogens is 1. The Morgan fingerprint density at radius 1 is 1.42 bits per heavy atom. The number of pyridine rings is 1. The molecule has 1 amide bonds. The van der Waals surface area contributed by atoms with Crippen molar-refractivity contribution in [2.75, 3.05) is 26.7 Å². The van der Waals surface area contributed by atoms with Crippen molar-refractivity contribution in [3.63, 3.8) is 0 Å². The van der Waals surface area contributed by atoms with Crippen LogP contribution in [0.1, 0.15) is 30.0 Å². The summed E-state index contributed by atoms with van der Waals surface area (Å²) in [4.78, 5) is 20.2. The molecule has 0 bridgehead atoms. The Hall–Kier alpha value is -1.46. The third-order valence-electron chi connectivity index (χ3n) is 3.84. The van der Waals surface area contributed by atoms with Crippen molar-refractivity contribution in [2.24, 2.45) is 5.73 Å². The van der Waals surface area contributed by atoms with Crippen molar-refractivity contribution < 1.29 is 4.79 Å². The summed E-state index contributed by atoms with van der Waals surface area (Å²) >= 11 is 0. The van der Waals surface area contributed by atoms with Gasteiger partial charge in [0, 0.05) is 31.7 Å². The maximum Gasteiger partial charge on any atom is 0.267 e. The Morgan fingerprint density at radius 2 is 2.16 bits per heavy atom. The van der Waals surface area contributed by atoms with Gasteiger partial charge >= 0.3 is 0 Å². The molecule has 1 aromatic rings. The fourth-order valence-electron chi connectivity index (χ4n) is 2.41. The summed E-state index contributed by atoms with van der Waals surface area (Å²) in [5.74, 6) is -0.472. The normalized spacial score (nSPS) is 20.4. The van der Waals surface area contributed by atoms with Gasteiger partial charge < -0.3 is 5.73 Å². The Bertz CT molecular complexity index is 472. The van der Waals surface area contributed by atoms with E-state index in [0.29, 0.717) is 5.69 Å². The second-order valence-corrected chi connectivity index (χ2v) is 5.82. The van der Waals surface area contributed by atoms with Gasteiger partial charge in [-0.05, 0) is 33.0 Å². The number of carbonyl (C=O) groups excluding carboxylic acids is 1. The lowest BCUT2D eigenvalue weighted by Gasteiger charge is -2.45. The van der Waals surface area contributed by atoms with Gasteiger partial charge in [-0.15, -0.1) is 0 Å². The van der Waals surface area contributed by atoms with Gasteiger partial charge in [-0.3, -0.25) is 14.6 Å². The first-order chi connectivity index (χ1) is 8.88. The molecule has 0 spiro atoms. The zero-order valence-electron chi connectivity index (χ0n) is 11.9. The average Bonchev–Trinajstić information content (AvgIpc) is 2.34. The summed E-state index contributed by atoms with van der Waals surface area (Å²) in [5.41, 5.74) is 6.66. The highest BCUT2D eigenvalue weighted by molar-refractivity contribution is 5.90. The molecule has 5 nitrogen and oxygen atoms in total. The fourth-order valence-corrected chi connectivity index (χ4v) is 2.41. The van der Waals surface area contributed by atoms with E-state index in [-0.39, 0.29) is 5.54 Å². The van der Waals surface area contributed by atoms with Crippen molar-refractivity contribution >= 4 is 5.91 Å². The number of piperazine rings is 1. The van der Waals surface area contributed by atoms with Crippen molar-refractivity contribution in [3.8, 4) is 0 Å². The first kappa shape index (κ1) is 14.0. The molecule has 2 heterocycles. The van der Waals surface area contributed by atoms with Crippen LogP contribution in [0.5, 0.6) is 0 Å². The summed E-state index contributed by atoms with van der Waals surface area (Å²) in [7, 11) is 2.16. The van der Waals surface area contributed by atoms with Gasteiger partial charge in [-0.2, -0.15) is 0 Å². The number of nitrogens with two attached hydrogens (primary N) is 1. The van der Waals surface area contributed by atoms with Gasteiger partial charge in [0.1, 0.15) is 5.69 Å². The van der Waals surface area contributed by atoms with E-state index in [9.17, 15) is 4.79 Å². The standard InChI is InChI=1S/C14H22N4O/c1-14(2)10-18(8-7-17(14)3)9-11-5-4-6-12(16-11)13(15)19/h4-6H,7-10H2,1-3H3,(H2,15,19). The minimum absolute atomic E-state index is 0.166. The maximum absolute atomic E-state index is 11.1. The molecule has 104 valence electrons. The topological polar surface area (TPSA) is 62.5 Å². The molecule has 0 unspecified atom stereocenters. The molecule has 0 aromatic carbocycles. The molecule has 1 fully saturated rings. The first-order valence-corrected chi connectivity index (χ1v) is 6.58. The zero-order chi connectivity index (χ0) is 14.0. The Morgan fingerprint density at radius 3 is 2.79 bits per heavy atom. The van der Waals surface area contributed by atoms with Crippen LogP contribution >= 0.6 is 0 Å². The monoisotopic (exact) mass is 262 g/mol. The highest BCUT2D eigenvalue weighted by Gasteiger charge is 2.30. The number of hydrogen-bond donors (Lipinski definition) is 1. The van der Waals surface area contributed by atoms with E-state index in [1.54, 1.807) is 6.07 Å². The van der Waals surface area contributed by atoms with Crippen LogP contribution in [0.3, 0.4) is 0 Å². The minimum Gasteiger partial charge on any atom is -0.364 e. The molecular weight excluding hydrogens is 240 g/mol. The van der Waals surface area contributed by atoms with E-state index in [1.807, 2.05) is 12.1 Å². The molecule has 19 heavy (non-hydrogen) atoms. The Balaban J connectivity index is 2.05. The van der Waals surface area contributed by atoms with E-state index in [1.165, 1.54) is 0 Å². The maximum atomic E-state index is 11.1.